The van der Waals surface area contributed by atoms with Gasteiger partial charge in [-0.1, -0.05) is 13.8 Å². The lowest BCUT2D eigenvalue weighted by atomic mass is 10.0. The maximum Gasteiger partial charge on any atom is 0.242 e. The molecule has 2 N–H and O–H groups in total. The summed E-state index contributed by atoms with van der Waals surface area (Å²) in [7, 11) is 0. The highest BCUT2D eigenvalue weighted by atomic mass is 19.1. The van der Waals surface area contributed by atoms with Gasteiger partial charge in [-0.2, -0.15) is 0 Å². The molecule has 0 aromatic heterocycles. The molecule has 0 spiro atoms. The standard InChI is InChI=1S/C17H25FN2O3/c1-12(2)16(20-13(3)21)17(22)19-10-4-5-11-23-15-8-6-14(18)7-9-15/h6-9,12,16H,4-5,10-11H2,1-3H3,(H,19,22)(H,20,21)/t16-/m0/s1. The van der Waals surface area contributed by atoms with E-state index in [4.69, 9.17) is 4.74 Å². The second kappa shape index (κ2) is 9.82. The molecule has 0 aliphatic carbocycles. The molecule has 0 saturated carbocycles. The Morgan fingerprint density at radius 2 is 1.83 bits per heavy atom. The third-order valence-corrected chi connectivity index (χ3v) is 3.26. The van der Waals surface area contributed by atoms with Crippen LogP contribution in [0.15, 0.2) is 24.3 Å². The number of halogens is 1. The number of rotatable bonds is 9. The molecule has 6 heteroatoms. The van der Waals surface area contributed by atoms with Gasteiger partial charge in [0.25, 0.3) is 0 Å². The van der Waals surface area contributed by atoms with E-state index in [1.165, 1.54) is 19.1 Å². The zero-order chi connectivity index (χ0) is 17.2. The summed E-state index contributed by atoms with van der Waals surface area (Å²) < 4.78 is 18.2. The molecule has 23 heavy (non-hydrogen) atoms. The van der Waals surface area contributed by atoms with Gasteiger partial charge in [0.2, 0.25) is 11.8 Å². The predicted molar refractivity (Wildman–Crippen MR) is 86.6 cm³/mol. The molecule has 1 rings (SSSR count). The van der Waals surface area contributed by atoms with Gasteiger partial charge in [0.05, 0.1) is 6.61 Å². The normalized spacial score (nSPS) is 11.9. The number of carbonyl (C=O) groups excluding carboxylic acids is 2. The van der Waals surface area contributed by atoms with Crippen LogP contribution in [0.4, 0.5) is 4.39 Å². The van der Waals surface area contributed by atoms with Gasteiger partial charge in [0.1, 0.15) is 17.6 Å². The Hall–Kier alpha value is -2.11. The first kappa shape index (κ1) is 18.9. The molecule has 0 fully saturated rings. The first-order chi connectivity index (χ1) is 10.9. The highest BCUT2D eigenvalue weighted by Gasteiger charge is 2.22. The number of hydrogen-bond acceptors (Lipinski definition) is 3. The summed E-state index contributed by atoms with van der Waals surface area (Å²) >= 11 is 0. The van der Waals surface area contributed by atoms with Crippen molar-refractivity contribution in [2.75, 3.05) is 13.2 Å². The minimum Gasteiger partial charge on any atom is -0.494 e. The van der Waals surface area contributed by atoms with E-state index in [0.717, 1.165) is 12.8 Å². The van der Waals surface area contributed by atoms with Crippen molar-refractivity contribution in [3.8, 4) is 5.75 Å². The third kappa shape index (κ3) is 7.63. The topological polar surface area (TPSA) is 67.4 Å². The van der Waals surface area contributed by atoms with Crippen LogP contribution < -0.4 is 15.4 Å². The fraction of sp³-hybridized carbons (Fsp3) is 0.529. The van der Waals surface area contributed by atoms with E-state index in [1.54, 1.807) is 12.1 Å². The van der Waals surface area contributed by atoms with E-state index in [0.29, 0.717) is 18.9 Å². The molecule has 0 bridgehead atoms. The Morgan fingerprint density at radius 3 is 2.39 bits per heavy atom. The molecule has 0 aliphatic heterocycles. The molecule has 2 amide bonds. The molecule has 0 heterocycles. The molecule has 0 unspecified atom stereocenters. The van der Waals surface area contributed by atoms with Crippen LogP contribution in [0.5, 0.6) is 5.75 Å². The Kier molecular flexibility index (Phi) is 8.08. The van der Waals surface area contributed by atoms with Crippen LogP contribution >= 0.6 is 0 Å². The van der Waals surface area contributed by atoms with Gasteiger partial charge in [-0.25, -0.2) is 4.39 Å². The van der Waals surface area contributed by atoms with Crippen molar-refractivity contribution in [3.05, 3.63) is 30.1 Å². The smallest absolute Gasteiger partial charge is 0.242 e. The molecule has 1 atom stereocenters. The molecule has 5 nitrogen and oxygen atoms in total. The van der Waals surface area contributed by atoms with Crippen molar-refractivity contribution in [2.45, 2.75) is 39.7 Å². The maximum atomic E-state index is 12.7. The van der Waals surface area contributed by atoms with E-state index in [2.05, 4.69) is 10.6 Å². The summed E-state index contributed by atoms with van der Waals surface area (Å²) in [5.74, 6) is -0.0261. The second-order valence-electron chi connectivity index (χ2n) is 5.72. The quantitative estimate of drug-likeness (QED) is 0.685. The van der Waals surface area contributed by atoms with Gasteiger partial charge in [-0.05, 0) is 43.0 Å². The number of amides is 2. The van der Waals surface area contributed by atoms with E-state index in [9.17, 15) is 14.0 Å². The van der Waals surface area contributed by atoms with Crippen molar-refractivity contribution in [1.82, 2.24) is 10.6 Å². The fourth-order valence-electron chi connectivity index (χ4n) is 2.02. The van der Waals surface area contributed by atoms with Crippen molar-refractivity contribution in [3.63, 3.8) is 0 Å². The average Bonchev–Trinajstić information content (AvgIpc) is 2.49. The van der Waals surface area contributed by atoms with Gasteiger partial charge < -0.3 is 15.4 Å². The fourth-order valence-corrected chi connectivity index (χ4v) is 2.02. The largest absolute Gasteiger partial charge is 0.494 e. The van der Waals surface area contributed by atoms with Crippen LogP contribution in [-0.4, -0.2) is 31.0 Å². The monoisotopic (exact) mass is 324 g/mol. The first-order valence-electron chi connectivity index (χ1n) is 7.83. The molecular weight excluding hydrogens is 299 g/mol. The van der Waals surface area contributed by atoms with Gasteiger partial charge in [0.15, 0.2) is 0 Å². The van der Waals surface area contributed by atoms with Crippen molar-refractivity contribution < 1.29 is 18.7 Å². The minimum atomic E-state index is -0.511. The Morgan fingerprint density at radius 1 is 1.17 bits per heavy atom. The summed E-state index contributed by atoms with van der Waals surface area (Å²) in [4.78, 5) is 23.1. The lowest BCUT2D eigenvalue weighted by Crippen LogP contribution is -2.49. The Balaban J connectivity index is 2.19. The van der Waals surface area contributed by atoms with E-state index < -0.39 is 6.04 Å². The number of unbranched alkanes of at least 4 members (excludes halogenated alkanes) is 1. The van der Waals surface area contributed by atoms with E-state index >= 15 is 0 Å². The summed E-state index contributed by atoms with van der Waals surface area (Å²) in [6.07, 6.45) is 1.53. The predicted octanol–water partition coefficient (Wildman–Crippen LogP) is 2.26. The number of carbonyl (C=O) groups is 2. The first-order valence-corrected chi connectivity index (χ1v) is 7.83. The zero-order valence-corrected chi connectivity index (χ0v) is 13.9. The van der Waals surface area contributed by atoms with Crippen LogP contribution in [0.1, 0.15) is 33.6 Å². The van der Waals surface area contributed by atoms with Crippen molar-refractivity contribution >= 4 is 11.8 Å². The molecule has 128 valence electrons. The highest BCUT2D eigenvalue weighted by molar-refractivity contribution is 5.86. The van der Waals surface area contributed by atoms with E-state index in [1.807, 2.05) is 13.8 Å². The Bertz CT molecular complexity index is 503. The van der Waals surface area contributed by atoms with Crippen LogP contribution in [0.25, 0.3) is 0 Å². The number of ether oxygens (including phenoxy) is 1. The van der Waals surface area contributed by atoms with E-state index in [-0.39, 0.29) is 23.5 Å². The van der Waals surface area contributed by atoms with Crippen molar-refractivity contribution in [2.24, 2.45) is 5.92 Å². The molecule has 0 aliphatic rings. The SMILES string of the molecule is CC(=O)N[C@H](C(=O)NCCCCOc1ccc(F)cc1)C(C)C. The lowest BCUT2D eigenvalue weighted by molar-refractivity contribution is -0.129. The third-order valence-electron chi connectivity index (χ3n) is 3.26. The number of benzene rings is 1. The summed E-state index contributed by atoms with van der Waals surface area (Å²) in [5.41, 5.74) is 0. The van der Waals surface area contributed by atoms with Gasteiger partial charge in [0, 0.05) is 13.5 Å². The summed E-state index contributed by atoms with van der Waals surface area (Å²) in [5, 5.41) is 5.47. The van der Waals surface area contributed by atoms with Crippen LogP contribution in [0.2, 0.25) is 0 Å². The van der Waals surface area contributed by atoms with Crippen molar-refractivity contribution in [1.29, 1.82) is 0 Å². The molecule has 1 aromatic carbocycles. The van der Waals surface area contributed by atoms with Crippen LogP contribution in [-0.2, 0) is 9.59 Å². The number of hydrogen-bond donors (Lipinski definition) is 2. The molecule has 1 aromatic rings. The summed E-state index contributed by atoms with van der Waals surface area (Å²) in [6, 6.07) is 5.35. The van der Waals surface area contributed by atoms with Crippen LogP contribution in [0, 0.1) is 11.7 Å². The van der Waals surface area contributed by atoms with Gasteiger partial charge in [-0.3, -0.25) is 9.59 Å². The lowest BCUT2D eigenvalue weighted by Gasteiger charge is -2.20. The molecule has 0 saturated heterocycles. The maximum absolute atomic E-state index is 12.7. The Labute approximate surface area is 136 Å². The average molecular weight is 324 g/mol. The zero-order valence-electron chi connectivity index (χ0n) is 13.9. The van der Waals surface area contributed by atoms with Gasteiger partial charge >= 0.3 is 0 Å². The summed E-state index contributed by atoms with van der Waals surface area (Å²) in [6.45, 7) is 6.19. The highest BCUT2D eigenvalue weighted by Crippen LogP contribution is 2.11. The minimum absolute atomic E-state index is 0.0284. The second-order valence-corrected chi connectivity index (χ2v) is 5.72. The van der Waals surface area contributed by atoms with Crippen LogP contribution in [0.3, 0.4) is 0 Å². The van der Waals surface area contributed by atoms with Gasteiger partial charge in [-0.15, -0.1) is 0 Å². The number of nitrogens with one attached hydrogen (secondary N) is 2. The molecule has 0 radical (unpaired) electrons. The molecular formula is C17H25FN2O3.